The van der Waals surface area contributed by atoms with Gasteiger partial charge in [0, 0.05) is 25.2 Å². The van der Waals surface area contributed by atoms with Gasteiger partial charge < -0.3 is 10.2 Å². The Morgan fingerprint density at radius 1 is 1.29 bits per heavy atom. The average molecular weight is 239 g/mol. The molecule has 0 radical (unpaired) electrons. The van der Waals surface area contributed by atoms with Crippen LogP contribution in [0.4, 0.5) is 0 Å². The van der Waals surface area contributed by atoms with Gasteiger partial charge in [0.05, 0.1) is 0 Å². The maximum atomic E-state index is 3.53. The molecule has 1 saturated carbocycles. The van der Waals surface area contributed by atoms with E-state index in [1.54, 1.807) is 0 Å². The summed E-state index contributed by atoms with van der Waals surface area (Å²) >= 11 is 0. The number of hydrogen-bond acceptors (Lipinski definition) is 3. The zero-order valence-corrected chi connectivity index (χ0v) is 11.8. The third kappa shape index (κ3) is 3.67. The van der Waals surface area contributed by atoms with Crippen molar-refractivity contribution < 1.29 is 0 Å². The first-order valence-corrected chi connectivity index (χ1v) is 7.34. The normalized spacial score (nSPS) is 30.2. The first kappa shape index (κ1) is 13.3. The zero-order valence-electron chi connectivity index (χ0n) is 11.8. The Morgan fingerprint density at radius 3 is 2.65 bits per heavy atom. The van der Waals surface area contributed by atoms with Crippen LogP contribution in [0.25, 0.3) is 0 Å². The molecule has 0 spiro atoms. The first-order chi connectivity index (χ1) is 8.24. The molecule has 2 aliphatic rings. The van der Waals surface area contributed by atoms with Crippen molar-refractivity contribution >= 4 is 0 Å². The van der Waals surface area contributed by atoms with E-state index in [1.165, 1.54) is 51.9 Å². The smallest absolute Gasteiger partial charge is 0.0221 e. The van der Waals surface area contributed by atoms with Crippen LogP contribution in [0, 0.1) is 5.92 Å². The molecule has 1 aliphatic carbocycles. The van der Waals surface area contributed by atoms with Crippen LogP contribution in [-0.4, -0.2) is 62.2 Å². The summed E-state index contributed by atoms with van der Waals surface area (Å²) in [6.45, 7) is 7.39. The van der Waals surface area contributed by atoms with E-state index < -0.39 is 0 Å². The van der Waals surface area contributed by atoms with Gasteiger partial charge >= 0.3 is 0 Å². The Morgan fingerprint density at radius 2 is 2.06 bits per heavy atom. The van der Waals surface area contributed by atoms with E-state index >= 15 is 0 Å². The zero-order chi connectivity index (χ0) is 12.3. The number of likely N-dealkylation sites (N-methyl/N-ethyl adjacent to an activating group) is 2. The van der Waals surface area contributed by atoms with Crippen molar-refractivity contribution in [3.63, 3.8) is 0 Å². The lowest BCUT2D eigenvalue weighted by molar-refractivity contribution is 0.162. The van der Waals surface area contributed by atoms with Crippen LogP contribution in [0.1, 0.15) is 32.6 Å². The number of rotatable bonds is 5. The minimum atomic E-state index is 0.729. The lowest BCUT2D eigenvalue weighted by Crippen LogP contribution is -2.47. The number of hydrogen-bond donors (Lipinski definition) is 1. The van der Waals surface area contributed by atoms with E-state index in [2.05, 4.69) is 36.1 Å². The van der Waals surface area contributed by atoms with Crippen molar-refractivity contribution in [3.8, 4) is 0 Å². The van der Waals surface area contributed by atoms with Gasteiger partial charge in [-0.25, -0.2) is 0 Å². The topological polar surface area (TPSA) is 18.5 Å². The monoisotopic (exact) mass is 239 g/mol. The van der Waals surface area contributed by atoms with Gasteiger partial charge in [-0.1, -0.05) is 6.92 Å². The molecule has 2 fully saturated rings. The molecule has 100 valence electrons. The molecular weight excluding hydrogens is 210 g/mol. The number of nitrogens with one attached hydrogen (secondary N) is 1. The minimum Gasteiger partial charge on any atom is -0.315 e. The van der Waals surface area contributed by atoms with Crippen LogP contribution >= 0.6 is 0 Å². The molecule has 17 heavy (non-hydrogen) atoms. The molecule has 1 N–H and O–H groups in total. The number of nitrogens with zero attached hydrogens (tertiary/aromatic N) is 2. The molecule has 0 bridgehead atoms. The van der Waals surface area contributed by atoms with Crippen molar-refractivity contribution in [2.45, 2.75) is 44.7 Å². The standard InChI is InChI=1S/C14H29N3/c1-4-13-10-16(3)8-5-9-17(13)11-14(15-2)12-6-7-12/h12-15H,4-11H2,1-3H3. The SMILES string of the molecule is CCC1CN(C)CCCN1CC(NC)C1CC1. The summed E-state index contributed by atoms with van der Waals surface area (Å²) in [5.41, 5.74) is 0. The van der Waals surface area contributed by atoms with E-state index in [9.17, 15) is 0 Å². The van der Waals surface area contributed by atoms with Crippen LogP contribution in [-0.2, 0) is 0 Å². The van der Waals surface area contributed by atoms with Gasteiger partial charge in [-0.05, 0) is 58.8 Å². The van der Waals surface area contributed by atoms with Crippen LogP contribution < -0.4 is 5.32 Å². The molecule has 1 heterocycles. The molecule has 2 unspecified atom stereocenters. The lowest BCUT2D eigenvalue weighted by Gasteiger charge is -2.33. The van der Waals surface area contributed by atoms with E-state index in [0.717, 1.165) is 18.0 Å². The molecule has 3 nitrogen and oxygen atoms in total. The maximum Gasteiger partial charge on any atom is 0.0221 e. The summed E-state index contributed by atoms with van der Waals surface area (Å²) in [7, 11) is 4.40. The Hall–Kier alpha value is -0.120. The van der Waals surface area contributed by atoms with Gasteiger partial charge in [-0.15, -0.1) is 0 Å². The summed E-state index contributed by atoms with van der Waals surface area (Å²) in [6.07, 6.45) is 5.49. The quantitative estimate of drug-likeness (QED) is 0.782. The Balaban J connectivity index is 1.91. The average Bonchev–Trinajstić information content (AvgIpc) is 3.14. The van der Waals surface area contributed by atoms with Gasteiger partial charge in [-0.2, -0.15) is 0 Å². The van der Waals surface area contributed by atoms with E-state index in [1.807, 2.05) is 0 Å². The van der Waals surface area contributed by atoms with Gasteiger partial charge in [0.2, 0.25) is 0 Å². The molecule has 2 atom stereocenters. The van der Waals surface area contributed by atoms with Crippen LogP contribution in [0.5, 0.6) is 0 Å². The summed E-state index contributed by atoms with van der Waals surface area (Å²) in [5.74, 6) is 0.957. The third-order valence-electron chi connectivity index (χ3n) is 4.49. The molecular formula is C14H29N3. The van der Waals surface area contributed by atoms with Crippen molar-refractivity contribution in [3.05, 3.63) is 0 Å². The molecule has 1 aliphatic heterocycles. The molecule has 1 saturated heterocycles. The van der Waals surface area contributed by atoms with Crippen molar-refractivity contribution in [1.82, 2.24) is 15.1 Å². The molecule has 0 amide bonds. The molecule has 2 rings (SSSR count). The molecule has 0 aromatic heterocycles. The predicted octanol–water partition coefficient (Wildman–Crippen LogP) is 1.40. The van der Waals surface area contributed by atoms with E-state index in [-0.39, 0.29) is 0 Å². The second-order valence-electron chi connectivity index (χ2n) is 5.91. The summed E-state index contributed by atoms with van der Waals surface area (Å²) in [5, 5.41) is 3.53. The molecule has 0 aromatic rings. The fourth-order valence-corrected chi connectivity index (χ4v) is 3.15. The largest absolute Gasteiger partial charge is 0.315 e. The van der Waals surface area contributed by atoms with Gasteiger partial charge in [0.15, 0.2) is 0 Å². The van der Waals surface area contributed by atoms with E-state index in [0.29, 0.717) is 0 Å². The van der Waals surface area contributed by atoms with Gasteiger partial charge in [0.1, 0.15) is 0 Å². The van der Waals surface area contributed by atoms with Crippen LogP contribution in [0.2, 0.25) is 0 Å². The summed E-state index contributed by atoms with van der Waals surface area (Å²) < 4.78 is 0. The highest BCUT2D eigenvalue weighted by atomic mass is 15.2. The third-order valence-corrected chi connectivity index (χ3v) is 4.49. The second kappa shape index (κ2) is 6.17. The Kier molecular flexibility index (Phi) is 4.83. The summed E-state index contributed by atoms with van der Waals surface area (Å²) in [6, 6.07) is 1.49. The minimum absolute atomic E-state index is 0.729. The molecule has 3 heteroatoms. The Labute approximate surface area is 107 Å². The lowest BCUT2D eigenvalue weighted by atomic mass is 10.1. The highest BCUT2D eigenvalue weighted by Crippen LogP contribution is 2.33. The fraction of sp³-hybridized carbons (Fsp3) is 1.00. The van der Waals surface area contributed by atoms with Crippen LogP contribution in [0.3, 0.4) is 0 Å². The second-order valence-corrected chi connectivity index (χ2v) is 5.91. The summed E-state index contributed by atoms with van der Waals surface area (Å²) in [4.78, 5) is 5.24. The predicted molar refractivity (Wildman–Crippen MR) is 73.3 cm³/mol. The highest BCUT2D eigenvalue weighted by molar-refractivity contribution is 4.90. The Bertz CT molecular complexity index is 228. The van der Waals surface area contributed by atoms with Crippen molar-refractivity contribution in [2.24, 2.45) is 5.92 Å². The molecule has 0 aromatic carbocycles. The van der Waals surface area contributed by atoms with Crippen molar-refractivity contribution in [1.29, 1.82) is 0 Å². The van der Waals surface area contributed by atoms with Crippen molar-refractivity contribution in [2.75, 3.05) is 40.3 Å². The van der Waals surface area contributed by atoms with E-state index in [4.69, 9.17) is 0 Å². The fourth-order valence-electron chi connectivity index (χ4n) is 3.15. The highest BCUT2D eigenvalue weighted by Gasteiger charge is 2.33. The maximum absolute atomic E-state index is 3.53. The first-order valence-electron chi connectivity index (χ1n) is 7.34. The van der Waals surface area contributed by atoms with Gasteiger partial charge in [-0.3, -0.25) is 4.90 Å². The van der Waals surface area contributed by atoms with Gasteiger partial charge in [0.25, 0.3) is 0 Å². The van der Waals surface area contributed by atoms with Crippen LogP contribution in [0.15, 0.2) is 0 Å².